The van der Waals surface area contributed by atoms with Crippen LogP contribution in [0.1, 0.15) is 25.0 Å². The quantitative estimate of drug-likeness (QED) is 0.790. The molecule has 0 N–H and O–H groups in total. The van der Waals surface area contributed by atoms with Gasteiger partial charge < -0.3 is 4.74 Å². The van der Waals surface area contributed by atoms with Crippen molar-refractivity contribution in [1.82, 2.24) is 0 Å². The van der Waals surface area contributed by atoms with E-state index >= 15 is 0 Å². The van der Waals surface area contributed by atoms with Gasteiger partial charge >= 0.3 is 0 Å². The van der Waals surface area contributed by atoms with Crippen molar-refractivity contribution in [3.63, 3.8) is 0 Å². The van der Waals surface area contributed by atoms with Gasteiger partial charge in [0.05, 0.1) is 17.0 Å². The highest BCUT2D eigenvalue weighted by atomic mass is 16.5. The van der Waals surface area contributed by atoms with Crippen LogP contribution in [0.5, 0.6) is 5.75 Å². The maximum atomic E-state index is 12.7. The summed E-state index contributed by atoms with van der Waals surface area (Å²) in [6.07, 6.45) is 3.03. The van der Waals surface area contributed by atoms with E-state index in [4.69, 9.17) is 4.74 Å². The third-order valence-corrected chi connectivity index (χ3v) is 4.29. The van der Waals surface area contributed by atoms with Crippen molar-refractivity contribution in [2.45, 2.75) is 26.4 Å². The van der Waals surface area contributed by atoms with Gasteiger partial charge in [-0.2, -0.15) is 10.1 Å². The van der Waals surface area contributed by atoms with Crippen LogP contribution in [0.4, 0.5) is 5.69 Å². The lowest BCUT2D eigenvalue weighted by molar-refractivity contribution is -0.114. The molecule has 2 aliphatic rings. The second-order valence-electron chi connectivity index (χ2n) is 6.20. The minimum atomic E-state index is -0.0937. The van der Waals surface area contributed by atoms with E-state index in [9.17, 15) is 4.79 Å². The van der Waals surface area contributed by atoms with E-state index in [0.29, 0.717) is 5.57 Å². The molecule has 2 aromatic rings. The summed E-state index contributed by atoms with van der Waals surface area (Å²) in [6.45, 7) is 3.93. The van der Waals surface area contributed by atoms with Gasteiger partial charge in [-0.25, -0.2) is 0 Å². The first-order chi connectivity index (χ1) is 11.6. The van der Waals surface area contributed by atoms with Gasteiger partial charge in [-0.1, -0.05) is 24.3 Å². The Bertz CT molecular complexity index is 868. The fourth-order valence-electron chi connectivity index (χ4n) is 3.13. The minimum absolute atomic E-state index is 0.0937. The first kappa shape index (κ1) is 14.7. The molecule has 0 aliphatic carbocycles. The second kappa shape index (κ2) is 5.64. The highest BCUT2D eigenvalue weighted by Crippen LogP contribution is 2.31. The van der Waals surface area contributed by atoms with Crippen LogP contribution in [0, 0.1) is 0 Å². The molecular formula is C20H18N2O2. The van der Waals surface area contributed by atoms with Crippen LogP contribution in [0.2, 0.25) is 0 Å². The van der Waals surface area contributed by atoms with Gasteiger partial charge in [0.1, 0.15) is 11.9 Å². The number of ether oxygens (including phenoxy) is 1. The molecule has 0 unspecified atom stereocenters. The summed E-state index contributed by atoms with van der Waals surface area (Å²) in [4.78, 5) is 12.7. The molecule has 0 saturated heterocycles. The Morgan fingerprint density at radius 1 is 1.21 bits per heavy atom. The minimum Gasteiger partial charge on any atom is -0.490 e. The topological polar surface area (TPSA) is 41.9 Å². The zero-order valence-corrected chi connectivity index (χ0v) is 13.7. The maximum Gasteiger partial charge on any atom is 0.280 e. The molecule has 4 heteroatoms. The number of anilines is 1. The van der Waals surface area contributed by atoms with Gasteiger partial charge in [-0.05, 0) is 55.3 Å². The van der Waals surface area contributed by atoms with Crippen molar-refractivity contribution < 1.29 is 9.53 Å². The van der Waals surface area contributed by atoms with Crippen molar-refractivity contribution >= 4 is 23.4 Å². The van der Waals surface area contributed by atoms with Crippen LogP contribution in [-0.2, 0) is 11.2 Å². The predicted molar refractivity (Wildman–Crippen MR) is 95.3 cm³/mol. The van der Waals surface area contributed by atoms with E-state index in [2.05, 4.69) is 18.1 Å². The molecule has 2 aliphatic heterocycles. The van der Waals surface area contributed by atoms with E-state index < -0.39 is 0 Å². The summed E-state index contributed by atoms with van der Waals surface area (Å²) in [7, 11) is 0. The summed E-state index contributed by atoms with van der Waals surface area (Å²) < 4.78 is 5.73. The molecule has 2 aromatic carbocycles. The lowest BCUT2D eigenvalue weighted by atomic mass is 10.0. The number of nitrogens with zero attached hydrogens (tertiary/aromatic N) is 2. The van der Waals surface area contributed by atoms with Crippen LogP contribution in [0.15, 0.2) is 59.2 Å². The monoisotopic (exact) mass is 318 g/mol. The van der Waals surface area contributed by atoms with E-state index in [1.807, 2.05) is 55.5 Å². The largest absolute Gasteiger partial charge is 0.490 e. The highest BCUT2D eigenvalue weighted by Gasteiger charge is 2.28. The SMILES string of the molecule is CC1=NN(c2ccccc2)C(=O)/C1=C\c1ccc2c(c1)C[C@H](C)O2. The first-order valence-electron chi connectivity index (χ1n) is 8.08. The van der Waals surface area contributed by atoms with Crippen molar-refractivity contribution in [3.05, 3.63) is 65.2 Å². The van der Waals surface area contributed by atoms with E-state index in [-0.39, 0.29) is 12.0 Å². The summed E-state index contributed by atoms with van der Waals surface area (Å²) in [6, 6.07) is 15.5. The number of benzene rings is 2. The Balaban J connectivity index is 1.66. The second-order valence-corrected chi connectivity index (χ2v) is 6.20. The lowest BCUT2D eigenvalue weighted by Crippen LogP contribution is -2.21. The predicted octanol–water partition coefficient (Wildman–Crippen LogP) is 3.82. The summed E-state index contributed by atoms with van der Waals surface area (Å²) in [5.41, 5.74) is 4.33. The number of rotatable bonds is 2. The highest BCUT2D eigenvalue weighted by molar-refractivity contribution is 6.32. The number of fused-ring (bicyclic) bond motifs is 1. The zero-order chi connectivity index (χ0) is 16.7. The van der Waals surface area contributed by atoms with Crippen molar-refractivity contribution in [3.8, 4) is 5.75 Å². The van der Waals surface area contributed by atoms with Crippen LogP contribution in [0.25, 0.3) is 6.08 Å². The molecule has 1 amide bonds. The van der Waals surface area contributed by atoms with Crippen molar-refractivity contribution in [1.29, 1.82) is 0 Å². The van der Waals surface area contributed by atoms with Gasteiger partial charge in [-0.15, -0.1) is 0 Å². The number of hydrogen-bond acceptors (Lipinski definition) is 3. The molecule has 0 spiro atoms. The fourth-order valence-corrected chi connectivity index (χ4v) is 3.13. The van der Waals surface area contributed by atoms with E-state index in [0.717, 1.165) is 29.1 Å². The molecule has 2 heterocycles. The third-order valence-electron chi connectivity index (χ3n) is 4.29. The maximum absolute atomic E-state index is 12.7. The number of para-hydroxylation sites is 1. The molecule has 1 atom stereocenters. The number of carbonyl (C=O) groups is 1. The van der Waals surface area contributed by atoms with Crippen LogP contribution < -0.4 is 9.75 Å². The van der Waals surface area contributed by atoms with Crippen molar-refractivity contribution in [2.75, 3.05) is 5.01 Å². The average molecular weight is 318 g/mol. The summed E-state index contributed by atoms with van der Waals surface area (Å²) in [5.74, 6) is 0.850. The van der Waals surface area contributed by atoms with Gasteiger partial charge in [0, 0.05) is 6.42 Å². The van der Waals surface area contributed by atoms with Gasteiger partial charge in [-0.3, -0.25) is 4.79 Å². The molecule has 4 nitrogen and oxygen atoms in total. The van der Waals surface area contributed by atoms with Gasteiger partial charge in [0.15, 0.2) is 0 Å². The van der Waals surface area contributed by atoms with E-state index in [1.54, 1.807) is 0 Å². The molecule has 120 valence electrons. The average Bonchev–Trinajstić information content (AvgIpc) is 3.09. The molecular weight excluding hydrogens is 300 g/mol. The Kier molecular flexibility index (Phi) is 3.45. The van der Waals surface area contributed by atoms with E-state index in [1.165, 1.54) is 10.6 Å². The molecule has 0 radical (unpaired) electrons. The smallest absolute Gasteiger partial charge is 0.280 e. The number of amides is 1. The molecule has 0 bridgehead atoms. The van der Waals surface area contributed by atoms with Gasteiger partial charge in [0.25, 0.3) is 5.91 Å². The normalized spacial score (nSPS) is 21.0. The fraction of sp³-hybridized carbons (Fsp3) is 0.200. The zero-order valence-electron chi connectivity index (χ0n) is 13.7. The van der Waals surface area contributed by atoms with Crippen LogP contribution in [-0.4, -0.2) is 17.7 Å². The Morgan fingerprint density at radius 2 is 2.00 bits per heavy atom. The van der Waals surface area contributed by atoms with Crippen LogP contribution in [0.3, 0.4) is 0 Å². The number of carbonyl (C=O) groups excluding carboxylic acids is 1. The Labute approximate surface area is 141 Å². The molecule has 24 heavy (non-hydrogen) atoms. The summed E-state index contributed by atoms with van der Waals surface area (Å²) in [5, 5.41) is 5.87. The number of hydrogen-bond donors (Lipinski definition) is 0. The molecule has 0 saturated carbocycles. The number of hydrazone groups is 1. The third kappa shape index (κ3) is 2.50. The Hall–Kier alpha value is -2.88. The lowest BCUT2D eigenvalue weighted by Gasteiger charge is -2.11. The first-order valence-corrected chi connectivity index (χ1v) is 8.08. The molecule has 4 rings (SSSR count). The Morgan fingerprint density at radius 3 is 2.79 bits per heavy atom. The molecule has 0 fully saturated rings. The standard InChI is InChI=1S/C20H18N2O2/c1-13-10-16-11-15(8-9-19(16)24-13)12-18-14(2)21-22(20(18)23)17-6-4-3-5-7-17/h3-9,11-13H,10H2,1-2H3/b18-12-/t13-/m0/s1. The van der Waals surface area contributed by atoms with Crippen LogP contribution >= 0.6 is 0 Å². The molecule has 0 aromatic heterocycles. The summed E-state index contributed by atoms with van der Waals surface area (Å²) >= 11 is 0. The van der Waals surface area contributed by atoms with Gasteiger partial charge in [0.2, 0.25) is 0 Å². The van der Waals surface area contributed by atoms with Crippen molar-refractivity contribution in [2.24, 2.45) is 5.10 Å².